The van der Waals surface area contributed by atoms with Crippen LogP contribution in [0.4, 0.5) is 16.2 Å². The largest absolute Gasteiger partial charge is 0.350 e. The monoisotopic (exact) mass is 363 g/mol. The fraction of sp³-hybridized carbons (Fsp3) is 0.353. The number of hydrogen-bond acceptors (Lipinski definition) is 3. The maximum atomic E-state index is 12.3. The van der Waals surface area contributed by atoms with E-state index in [1.54, 1.807) is 35.1 Å². The van der Waals surface area contributed by atoms with Crippen LogP contribution in [0.5, 0.6) is 0 Å². The number of nitrogens with zero attached hydrogens (tertiary/aromatic N) is 2. The SMILES string of the molecule is CCn1cc(NC(=O)Nc2cccc(Cl)c2)c(C(=O)NCC(C)C)n1. The highest BCUT2D eigenvalue weighted by Gasteiger charge is 2.18. The van der Waals surface area contributed by atoms with E-state index in [1.807, 2.05) is 20.8 Å². The molecule has 0 atom stereocenters. The van der Waals surface area contributed by atoms with Crippen molar-refractivity contribution in [3.63, 3.8) is 0 Å². The second kappa shape index (κ2) is 8.53. The van der Waals surface area contributed by atoms with Crippen molar-refractivity contribution >= 4 is 34.9 Å². The molecule has 0 radical (unpaired) electrons. The van der Waals surface area contributed by atoms with Gasteiger partial charge >= 0.3 is 6.03 Å². The standard InChI is InChI=1S/C17H22ClN5O2/c1-4-23-10-14(15(22-23)16(24)19-9-11(2)3)21-17(25)20-13-7-5-6-12(18)8-13/h5-8,10-11H,4,9H2,1-3H3,(H,19,24)(H2,20,21,25). The first-order valence-corrected chi connectivity index (χ1v) is 8.46. The van der Waals surface area contributed by atoms with Gasteiger partial charge in [-0.1, -0.05) is 31.5 Å². The number of aryl methyl sites for hydroxylation is 1. The number of hydrogen-bond donors (Lipinski definition) is 3. The molecule has 1 aromatic carbocycles. The quantitative estimate of drug-likeness (QED) is 0.732. The Morgan fingerprint density at radius 1 is 1.28 bits per heavy atom. The number of anilines is 2. The second-order valence-electron chi connectivity index (χ2n) is 5.94. The first-order chi connectivity index (χ1) is 11.9. The second-order valence-corrected chi connectivity index (χ2v) is 6.38. The lowest BCUT2D eigenvalue weighted by atomic mass is 10.2. The summed E-state index contributed by atoms with van der Waals surface area (Å²) in [7, 11) is 0. The van der Waals surface area contributed by atoms with Gasteiger partial charge in [0.2, 0.25) is 0 Å². The molecule has 3 amide bonds. The minimum Gasteiger partial charge on any atom is -0.350 e. The number of carbonyl (C=O) groups is 2. The fourth-order valence-electron chi connectivity index (χ4n) is 2.07. The third kappa shape index (κ3) is 5.49. The number of carbonyl (C=O) groups excluding carboxylic acids is 2. The molecule has 0 aliphatic carbocycles. The summed E-state index contributed by atoms with van der Waals surface area (Å²) in [6, 6.07) is 6.32. The average Bonchev–Trinajstić information content (AvgIpc) is 2.95. The third-order valence-corrected chi connectivity index (χ3v) is 3.54. The van der Waals surface area contributed by atoms with Gasteiger partial charge in [0.15, 0.2) is 5.69 Å². The van der Waals surface area contributed by atoms with Gasteiger partial charge in [-0.3, -0.25) is 9.48 Å². The van der Waals surface area contributed by atoms with Crippen molar-refractivity contribution in [3.05, 3.63) is 41.2 Å². The number of benzene rings is 1. The number of rotatable bonds is 6. The van der Waals surface area contributed by atoms with E-state index in [9.17, 15) is 9.59 Å². The van der Waals surface area contributed by atoms with Gasteiger partial charge in [-0.25, -0.2) is 4.79 Å². The van der Waals surface area contributed by atoms with E-state index >= 15 is 0 Å². The van der Waals surface area contributed by atoms with Gasteiger partial charge in [0.1, 0.15) is 0 Å². The molecule has 0 fully saturated rings. The number of amides is 3. The Balaban J connectivity index is 2.10. The van der Waals surface area contributed by atoms with Crippen LogP contribution in [0.1, 0.15) is 31.3 Å². The number of aromatic nitrogens is 2. The molecule has 0 aliphatic rings. The molecule has 1 aromatic heterocycles. The third-order valence-electron chi connectivity index (χ3n) is 3.30. The number of halogens is 1. The van der Waals surface area contributed by atoms with Crippen LogP contribution in [-0.2, 0) is 6.54 Å². The molecule has 0 saturated heterocycles. The maximum absolute atomic E-state index is 12.3. The van der Waals surface area contributed by atoms with E-state index in [4.69, 9.17) is 11.6 Å². The first-order valence-electron chi connectivity index (χ1n) is 8.08. The Morgan fingerprint density at radius 2 is 2.04 bits per heavy atom. The summed E-state index contributed by atoms with van der Waals surface area (Å²) in [5.74, 6) is -0.00120. The lowest BCUT2D eigenvalue weighted by Gasteiger charge is -2.09. The summed E-state index contributed by atoms with van der Waals surface area (Å²) in [6.45, 7) is 7.03. The van der Waals surface area contributed by atoms with Gasteiger partial charge in [0, 0.05) is 30.0 Å². The normalized spacial score (nSPS) is 10.6. The minimum atomic E-state index is -0.476. The van der Waals surface area contributed by atoms with Crippen molar-refractivity contribution in [2.24, 2.45) is 5.92 Å². The van der Waals surface area contributed by atoms with E-state index in [2.05, 4.69) is 21.0 Å². The molecule has 2 aromatic rings. The molecule has 2 rings (SSSR count). The molecule has 0 unspecified atom stereocenters. The van der Waals surface area contributed by atoms with Crippen molar-refractivity contribution in [2.75, 3.05) is 17.2 Å². The highest BCUT2D eigenvalue weighted by atomic mass is 35.5. The zero-order valence-corrected chi connectivity index (χ0v) is 15.2. The van der Waals surface area contributed by atoms with Gasteiger partial charge in [0.25, 0.3) is 5.91 Å². The predicted octanol–water partition coefficient (Wildman–Crippen LogP) is 3.59. The van der Waals surface area contributed by atoms with Crippen molar-refractivity contribution in [1.29, 1.82) is 0 Å². The molecule has 1 heterocycles. The molecular formula is C17H22ClN5O2. The molecule has 0 saturated carbocycles. The lowest BCUT2D eigenvalue weighted by Crippen LogP contribution is -2.29. The van der Waals surface area contributed by atoms with Crippen LogP contribution >= 0.6 is 11.6 Å². The van der Waals surface area contributed by atoms with Gasteiger partial charge < -0.3 is 16.0 Å². The van der Waals surface area contributed by atoms with Crippen LogP contribution in [0.25, 0.3) is 0 Å². The van der Waals surface area contributed by atoms with E-state index in [0.717, 1.165) is 0 Å². The first kappa shape index (κ1) is 18.8. The molecule has 134 valence electrons. The van der Waals surface area contributed by atoms with Crippen LogP contribution in [0.3, 0.4) is 0 Å². The average molecular weight is 364 g/mol. The zero-order chi connectivity index (χ0) is 18.4. The molecule has 25 heavy (non-hydrogen) atoms. The summed E-state index contributed by atoms with van der Waals surface area (Å²) >= 11 is 5.90. The van der Waals surface area contributed by atoms with Crippen molar-refractivity contribution in [2.45, 2.75) is 27.3 Å². The molecule has 0 spiro atoms. The van der Waals surface area contributed by atoms with Crippen LogP contribution in [0.2, 0.25) is 5.02 Å². The zero-order valence-electron chi connectivity index (χ0n) is 14.5. The summed E-state index contributed by atoms with van der Waals surface area (Å²) in [4.78, 5) is 24.5. The Morgan fingerprint density at radius 3 is 2.68 bits per heavy atom. The van der Waals surface area contributed by atoms with Crippen LogP contribution in [-0.4, -0.2) is 28.3 Å². The molecule has 0 aliphatic heterocycles. The lowest BCUT2D eigenvalue weighted by molar-refractivity contribution is 0.0944. The molecular weight excluding hydrogens is 342 g/mol. The highest BCUT2D eigenvalue weighted by molar-refractivity contribution is 6.30. The summed E-state index contributed by atoms with van der Waals surface area (Å²) in [5.41, 5.74) is 1.09. The summed E-state index contributed by atoms with van der Waals surface area (Å²) in [6.07, 6.45) is 1.63. The predicted molar refractivity (Wildman–Crippen MR) is 99.2 cm³/mol. The summed E-state index contributed by atoms with van der Waals surface area (Å²) in [5, 5.41) is 12.9. The Hall–Kier alpha value is -2.54. The molecule has 8 heteroatoms. The summed E-state index contributed by atoms with van der Waals surface area (Å²) < 4.78 is 1.60. The number of urea groups is 1. The van der Waals surface area contributed by atoms with Crippen molar-refractivity contribution < 1.29 is 9.59 Å². The molecule has 3 N–H and O–H groups in total. The van der Waals surface area contributed by atoms with Gasteiger partial charge in [-0.15, -0.1) is 0 Å². The van der Waals surface area contributed by atoms with Crippen molar-refractivity contribution in [1.82, 2.24) is 15.1 Å². The number of nitrogens with one attached hydrogen (secondary N) is 3. The van der Waals surface area contributed by atoms with Crippen LogP contribution < -0.4 is 16.0 Å². The van der Waals surface area contributed by atoms with Crippen LogP contribution in [0.15, 0.2) is 30.5 Å². The van der Waals surface area contributed by atoms with Gasteiger partial charge in [-0.2, -0.15) is 5.10 Å². The van der Waals surface area contributed by atoms with Gasteiger partial charge in [0.05, 0.1) is 5.69 Å². The molecule has 7 nitrogen and oxygen atoms in total. The smallest absolute Gasteiger partial charge is 0.323 e. The van der Waals surface area contributed by atoms with E-state index in [1.165, 1.54) is 0 Å². The van der Waals surface area contributed by atoms with Crippen molar-refractivity contribution in [3.8, 4) is 0 Å². The Labute approximate surface area is 151 Å². The van der Waals surface area contributed by atoms with E-state index < -0.39 is 6.03 Å². The minimum absolute atomic E-state index is 0.184. The van der Waals surface area contributed by atoms with Crippen LogP contribution in [0, 0.1) is 5.92 Å². The van der Waals surface area contributed by atoms with Gasteiger partial charge in [-0.05, 0) is 31.0 Å². The van der Waals surface area contributed by atoms with E-state index in [0.29, 0.717) is 35.4 Å². The maximum Gasteiger partial charge on any atom is 0.323 e. The Kier molecular flexibility index (Phi) is 6.41. The highest BCUT2D eigenvalue weighted by Crippen LogP contribution is 2.17. The Bertz CT molecular complexity index is 757. The van der Waals surface area contributed by atoms with E-state index in [-0.39, 0.29) is 11.6 Å². The topological polar surface area (TPSA) is 88.0 Å². The fourth-order valence-corrected chi connectivity index (χ4v) is 2.26. The molecule has 0 bridgehead atoms.